The Hall–Kier alpha value is -2.24. The molecule has 1 atom stereocenters. The highest BCUT2D eigenvalue weighted by Crippen LogP contribution is 2.36. The smallest absolute Gasteiger partial charge is 0.325 e. The lowest BCUT2D eigenvalue weighted by Gasteiger charge is -2.31. The van der Waals surface area contributed by atoms with Crippen LogP contribution in [0.3, 0.4) is 0 Å². The highest BCUT2D eigenvalue weighted by molar-refractivity contribution is 6.06. The first-order chi connectivity index (χ1) is 9.94. The van der Waals surface area contributed by atoms with Gasteiger partial charge in [-0.15, -0.1) is 0 Å². The van der Waals surface area contributed by atoms with Crippen LogP contribution < -0.4 is 14.8 Å². The Labute approximate surface area is 123 Å². The quantitative estimate of drug-likeness (QED) is 0.834. The van der Waals surface area contributed by atoms with Crippen LogP contribution in [-0.2, 0) is 11.2 Å². The van der Waals surface area contributed by atoms with E-state index in [9.17, 15) is 9.59 Å². The molecular formula is C15H18N2O4. The molecule has 1 fully saturated rings. The minimum Gasteiger partial charge on any atom is -0.493 e. The fraction of sp³-hybridized carbons (Fsp3) is 0.467. The summed E-state index contributed by atoms with van der Waals surface area (Å²) in [6.45, 7) is 3.68. The Balaban J connectivity index is 1.87. The first-order valence-corrected chi connectivity index (χ1v) is 6.88. The maximum Gasteiger partial charge on any atom is 0.325 e. The fourth-order valence-electron chi connectivity index (χ4n) is 2.81. The molecule has 1 aromatic rings. The summed E-state index contributed by atoms with van der Waals surface area (Å²) in [6, 6.07) is 4.98. The average Bonchev–Trinajstić information content (AvgIpc) is 2.66. The van der Waals surface area contributed by atoms with Crippen molar-refractivity contribution in [3.05, 3.63) is 23.8 Å². The average molecular weight is 290 g/mol. The van der Waals surface area contributed by atoms with Crippen molar-refractivity contribution >= 4 is 11.9 Å². The number of nitrogens with zero attached hydrogens (tertiary/aromatic N) is 1. The Morgan fingerprint density at radius 3 is 2.76 bits per heavy atom. The van der Waals surface area contributed by atoms with Crippen LogP contribution in [0.1, 0.15) is 19.4 Å². The first kappa shape index (κ1) is 13.7. The molecule has 0 bridgehead atoms. The molecule has 2 aliphatic heterocycles. The summed E-state index contributed by atoms with van der Waals surface area (Å²) >= 11 is 0. The van der Waals surface area contributed by atoms with Gasteiger partial charge in [-0.3, -0.25) is 9.69 Å². The molecule has 112 valence electrons. The highest BCUT2D eigenvalue weighted by Gasteiger charge is 2.48. The van der Waals surface area contributed by atoms with Gasteiger partial charge in [0.25, 0.3) is 5.91 Å². The monoisotopic (exact) mass is 290 g/mol. The molecule has 2 aliphatic rings. The maximum atomic E-state index is 12.3. The van der Waals surface area contributed by atoms with Crippen LogP contribution in [0.2, 0.25) is 0 Å². The number of ether oxygens (including phenoxy) is 2. The van der Waals surface area contributed by atoms with E-state index in [0.29, 0.717) is 17.9 Å². The van der Waals surface area contributed by atoms with Gasteiger partial charge >= 0.3 is 6.03 Å². The molecule has 6 nitrogen and oxygen atoms in total. The third-order valence-electron chi connectivity index (χ3n) is 3.91. The van der Waals surface area contributed by atoms with Crippen molar-refractivity contribution in [1.29, 1.82) is 0 Å². The van der Waals surface area contributed by atoms with E-state index in [0.717, 1.165) is 5.56 Å². The SMILES string of the molecule is COc1cccc2c1OCC(N1C(=O)NC(C)(C)C1=O)C2. The summed E-state index contributed by atoms with van der Waals surface area (Å²) in [5.41, 5.74) is 0.0852. The number of para-hydroxylation sites is 1. The number of imide groups is 1. The molecule has 2 heterocycles. The van der Waals surface area contributed by atoms with E-state index in [1.165, 1.54) is 4.90 Å². The largest absolute Gasteiger partial charge is 0.493 e. The van der Waals surface area contributed by atoms with Gasteiger partial charge in [0.05, 0.1) is 13.2 Å². The van der Waals surface area contributed by atoms with E-state index in [2.05, 4.69) is 5.32 Å². The predicted octanol–water partition coefficient (Wildman–Crippen LogP) is 1.33. The maximum absolute atomic E-state index is 12.3. The van der Waals surface area contributed by atoms with Gasteiger partial charge in [0.15, 0.2) is 11.5 Å². The molecule has 21 heavy (non-hydrogen) atoms. The Bertz CT molecular complexity index is 612. The third-order valence-corrected chi connectivity index (χ3v) is 3.91. The van der Waals surface area contributed by atoms with Crippen LogP contribution in [0, 0.1) is 0 Å². The van der Waals surface area contributed by atoms with Crippen molar-refractivity contribution in [3.63, 3.8) is 0 Å². The first-order valence-electron chi connectivity index (χ1n) is 6.88. The summed E-state index contributed by atoms with van der Waals surface area (Å²) in [5.74, 6) is 1.15. The van der Waals surface area contributed by atoms with E-state index in [4.69, 9.17) is 9.47 Å². The lowest BCUT2D eigenvalue weighted by molar-refractivity contribution is -0.132. The molecule has 0 aromatic heterocycles. The molecule has 3 rings (SSSR count). The van der Waals surface area contributed by atoms with Crippen LogP contribution in [0.15, 0.2) is 18.2 Å². The van der Waals surface area contributed by atoms with Gasteiger partial charge in [-0.25, -0.2) is 4.79 Å². The van der Waals surface area contributed by atoms with Gasteiger partial charge < -0.3 is 14.8 Å². The minimum atomic E-state index is -0.855. The lowest BCUT2D eigenvalue weighted by atomic mass is 9.99. The van der Waals surface area contributed by atoms with Crippen molar-refractivity contribution in [2.45, 2.75) is 31.8 Å². The molecule has 0 spiro atoms. The van der Waals surface area contributed by atoms with E-state index >= 15 is 0 Å². The van der Waals surface area contributed by atoms with Crippen molar-refractivity contribution in [1.82, 2.24) is 10.2 Å². The second kappa shape index (κ2) is 4.65. The predicted molar refractivity (Wildman–Crippen MR) is 75.4 cm³/mol. The number of urea groups is 1. The molecule has 1 unspecified atom stereocenters. The molecule has 0 aliphatic carbocycles. The standard InChI is InChI=1S/C15H18N2O4/c1-15(2)13(18)17(14(19)16-15)10-7-9-5-4-6-11(20-3)12(9)21-8-10/h4-6,10H,7-8H2,1-3H3,(H,16,19). The molecule has 0 radical (unpaired) electrons. The summed E-state index contributed by atoms with van der Waals surface area (Å²) in [6.07, 6.45) is 0.571. The fourth-order valence-corrected chi connectivity index (χ4v) is 2.81. The normalized spacial score (nSPS) is 23.4. The molecule has 1 N–H and O–H groups in total. The van der Waals surface area contributed by atoms with Gasteiger partial charge in [-0.2, -0.15) is 0 Å². The van der Waals surface area contributed by atoms with Crippen molar-refractivity contribution < 1.29 is 19.1 Å². The van der Waals surface area contributed by atoms with Crippen LogP contribution in [0.25, 0.3) is 0 Å². The van der Waals surface area contributed by atoms with Gasteiger partial charge in [0, 0.05) is 12.0 Å². The number of fused-ring (bicyclic) bond motifs is 1. The molecule has 0 saturated carbocycles. The second-order valence-electron chi connectivity index (χ2n) is 5.85. The van der Waals surface area contributed by atoms with E-state index < -0.39 is 5.54 Å². The Kier molecular flexibility index (Phi) is 3.04. The number of methoxy groups -OCH3 is 1. The van der Waals surface area contributed by atoms with E-state index in [1.807, 2.05) is 18.2 Å². The second-order valence-corrected chi connectivity index (χ2v) is 5.85. The number of rotatable bonds is 2. The van der Waals surface area contributed by atoms with Crippen molar-refractivity contribution in [2.75, 3.05) is 13.7 Å². The number of nitrogens with one attached hydrogen (secondary N) is 1. The number of amides is 3. The minimum absolute atomic E-state index is 0.215. The number of hydrogen-bond acceptors (Lipinski definition) is 4. The summed E-state index contributed by atoms with van der Waals surface area (Å²) in [5, 5.41) is 2.69. The molecule has 3 amide bonds. The zero-order chi connectivity index (χ0) is 15.2. The summed E-state index contributed by atoms with van der Waals surface area (Å²) < 4.78 is 11.0. The summed E-state index contributed by atoms with van der Waals surface area (Å²) in [4.78, 5) is 25.7. The van der Waals surface area contributed by atoms with E-state index in [1.54, 1.807) is 21.0 Å². The van der Waals surface area contributed by atoms with Crippen molar-refractivity contribution in [2.24, 2.45) is 0 Å². The number of carbonyl (C=O) groups is 2. The van der Waals surface area contributed by atoms with Crippen LogP contribution in [-0.4, -0.2) is 42.1 Å². The van der Waals surface area contributed by atoms with Gasteiger partial charge in [0.1, 0.15) is 12.1 Å². The Morgan fingerprint density at radius 1 is 1.38 bits per heavy atom. The van der Waals surface area contributed by atoms with Crippen molar-refractivity contribution in [3.8, 4) is 11.5 Å². The third kappa shape index (κ3) is 2.11. The van der Waals surface area contributed by atoms with E-state index in [-0.39, 0.29) is 24.6 Å². The molecule has 6 heteroatoms. The lowest BCUT2D eigenvalue weighted by Crippen LogP contribution is -2.48. The molecule has 1 saturated heterocycles. The zero-order valence-corrected chi connectivity index (χ0v) is 12.3. The molecular weight excluding hydrogens is 272 g/mol. The van der Waals surface area contributed by atoms with Gasteiger partial charge in [0.2, 0.25) is 0 Å². The molecule has 1 aromatic carbocycles. The van der Waals surface area contributed by atoms with Crippen LogP contribution in [0.5, 0.6) is 11.5 Å². The number of hydrogen-bond donors (Lipinski definition) is 1. The topological polar surface area (TPSA) is 67.9 Å². The number of benzene rings is 1. The van der Waals surface area contributed by atoms with Crippen LogP contribution >= 0.6 is 0 Å². The van der Waals surface area contributed by atoms with Gasteiger partial charge in [-0.05, 0) is 19.9 Å². The van der Waals surface area contributed by atoms with Crippen LogP contribution in [0.4, 0.5) is 4.79 Å². The summed E-state index contributed by atoms with van der Waals surface area (Å²) in [7, 11) is 1.59. The van der Waals surface area contributed by atoms with Gasteiger partial charge in [-0.1, -0.05) is 12.1 Å². The zero-order valence-electron chi connectivity index (χ0n) is 12.3. The highest BCUT2D eigenvalue weighted by atomic mass is 16.5. The number of carbonyl (C=O) groups excluding carboxylic acids is 2. The Morgan fingerprint density at radius 2 is 2.14 bits per heavy atom.